The standard InChI is InChI=1S/C36H47ClN2O7S/c1-24-6-12-33(45-16-15-43-2)30-10-7-27(30)20-39-22-36(14-4-5-25-18-28(37)9-11-31(25)36)23-46-34-13-8-26(19-32(34)39)35(40)38-47(41,42)29(17-24)21-44-3/h6,8-9,11-13,18-19,24,27,29-30,33H,4-5,7,10,14-17,20-23H2,1-3H3,(H,38,40)/b12-6-/t24-,27-,29-,30+,33-,36-/m0/s1. The zero-order valence-corrected chi connectivity index (χ0v) is 29.2. The maximum Gasteiger partial charge on any atom is 0.264 e. The van der Waals surface area contributed by atoms with Gasteiger partial charge in [-0.3, -0.25) is 4.79 Å². The maximum atomic E-state index is 13.6. The molecule has 11 heteroatoms. The van der Waals surface area contributed by atoms with Crippen molar-refractivity contribution in [2.24, 2.45) is 17.8 Å². The zero-order chi connectivity index (χ0) is 33.2. The molecule has 0 aromatic heterocycles. The lowest BCUT2D eigenvalue weighted by atomic mass is 9.68. The number of hydrogen-bond donors (Lipinski definition) is 1. The number of rotatable bonds is 6. The van der Waals surface area contributed by atoms with E-state index in [2.05, 4.69) is 33.9 Å². The predicted octanol–water partition coefficient (Wildman–Crippen LogP) is 5.54. The Morgan fingerprint density at radius 1 is 1.09 bits per heavy atom. The van der Waals surface area contributed by atoms with Crippen LogP contribution in [0, 0.1) is 17.8 Å². The molecule has 6 rings (SSSR count). The van der Waals surface area contributed by atoms with Crippen molar-refractivity contribution in [2.75, 3.05) is 58.6 Å². The van der Waals surface area contributed by atoms with Crippen LogP contribution in [0.15, 0.2) is 48.6 Å². The Morgan fingerprint density at radius 3 is 2.70 bits per heavy atom. The highest BCUT2D eigenvalue weighted by molar-refractivity contribution is 7.90. The van der Waals surface area contributed by atoms with Crippen molar-refractivity contribution < 1.29 is 32.2 Å². The van der Waals surface area contributed by atoms with Crippen LogP contribution in [0.3, 0.4) is 0 Å². The fourth-order valence-corrected chi connectivity index (χ4v) is 9.53. The van der Waals surface area contributed by atoms with Crippen molar-refractivity contribution in [2.45, 2.75) is 62.2 Å². The molecule has 9 nitrogen and oxygen atoms in total. The maximum absolute atomic E-state index is 13.6. The number of carbonyl (C=O) groups is 1. The van der Waals surface area contributed by atoms with Gasteiger partial charge < -0.3 is 23.8 Å². The van der Waals surface area contributed by atoms with E-state index >= 15 is 0 Å². The summed E-state index contributed by atoms with van der Waals surface area (Å²) in [6.45, 7) is 4.90. The van der Waals surface area contributed by atoms with Gasteiger partial charge in [0.15, 0.2) is 0 Å². The van der Waals surface area contributed by atoms with Gasteiger partial charge in [0.25, 0.3) is 5.91 Å². The van der Waals surface area contributed by atoms with Crippen molar-refractivity contribution >= 4 is 33.2 Å². The molecule has 2 bridgehead atoms. The number of allylic oxidation sites excluding steroid dienone is 1. The number of aryl methyl sites for hydroxylation is 1. The van der Waals surface area contributed by atoms with Gasteiger partial charge >= 0.3 is 0 Å². The fraction of sp³-hybridized carbons (Fsp3) is 0.583. The second-order valence-electron chi connectivity index (χ2n) is 13.8. The van der Waals surface area contributed by atoms with Crippen LogP contribution in [-0.2, 0) is 36.1 Å². The molecule has 0 unspecified atom stereocenters. The Bertz CT molecular complexity index is 1580. The minimum Gasteiger partial charge on any atom is -0.490 e. The molecule has 4 aliphatic rings. The van der Waals surface area contributed by atoms with E-state index in [1.165, 1.54) is 18.2 Å². The molecule has 2 aliphatic carbocycles. The number of sulfonamides is 1. The lowest BCUT2D eigenvalue weighted by Gasteiger charge is -2.46. The molecule has 2 heterocycles. The molecular formula is C36H47ClN2O7S. The molecule has 1 saturated carbocycles. The number of methoxy groups -OCH3 is 2. The number of fused-ring (bicyclic) bond motifs is 4. The molecule has 0 radical (unpaired) electrons. The van der Waals surface area contributed by atoms with Crippen LogP contribution in [0.1, 0.15) is 60.5 Å². The summed E-state index contributed by atoms with van der Waals surface area (Å²) in [5.41, 5.74) is 3.34. The molecule has 6 atom stereocenters. The van der Waals surface area contributed by atoms with Gasteiger partial charge in [-0.1, -0.05) is 36.7 Å². The highest BCUT2D eigenvalue weighted by atomic mass is 35.5. The van der Waals surface area contributed by atoms with Gasteiger partial charge in [0.1, 0.15) is 11.0 Å². The van der Waals surface area contributed by atoms with Gasteiger partial charge in [-0.2, -0.15) is 0 Å². The number of nitrogens with one attached hydrogen (secondary N) is 1. The lowest BCUT2D eigenvalue weighted by molar-refractivity contribution is -0.0310. The van der Waals surface area contributed by atoms with Crippen molar-refractivity contribution in [1.29, 1.82) is 0 Å². The molecule has 1 spiro atoms. The Hall–Kier alpha value is -2.63. The average Bonchev–Trinajstić information content (AvgIpc) is 3.17. The highest BCUT2D eigenvalue weighted by Gasteiger charge is 2.44. The zero-order valence-electron chi connectivity index (χ0n) is 27.6. The van der Waals surface area contributed by atoms with Gasteiger partial charge in [-0.15, -0.1) is 0 Å². The normalized spacial score (nSPS) is 31.0. The second kappa shape index (κ2) is 14.5. The average molecular weight is 687 g/mol. The van der Waals surface area contributed by atoms with Crippen LogP contribution in [-0.4, -0.2) is 79.4 Å². The molecule has 1 N–H and O–H groups in total. The second-order valence-corrected chi connectivity index (χ2v) is 16.2. The first-order chi connectivity index (χ1) is 22.6. The van der Waals surface area contributed by atoms with Crippen LogP contribution in [0.4, 0.5) is 5.69 Å². The fourth-order valence-electron chi connectivity index (χ4n) is 7.92. The Kier molecular flexibility index (Phi) is 10.5. The summed E-state index contributed by atoms with van der Waals surface area (Å²) >= 11 is 6.44. The molecule has 2 aromatic rings. The third-order valence-corrected chi connectivity index (χ3v) is 12.5. The lowest BCUT2D eigenvalue weighted by Crippen LogP contribution is -2.49. The molecule has 1 fully saturated rings. The Morgan fingerprint density at radius 2 is 1.94 bits per heavy atom. The van der Waals surface area contributed by atoms with E-state index in [4.69, 9.17) is 30.5 Å². The largest absolute Gasteiger partial charge is 0.490 e. The van der Waals surface area contributed by atoms with E-state index in [1.807, 2.05) is 19.1 Å². The number of halogens is 1. The summed E-state index contributed by atoms with van der Waals surface area (Å²) in [4.78, 5) is 16.0. The first kappa shape index (κ1) is 34.2. The van der Waals surface area contributed by atoms with E-state index in [1.54, 1.807) is 19.2 Å². The molecule has 256 valence electrons. The Balaban J connectivity index is 1.42. The molecule has 2 aromatic carbocycles. The van der Waals surface area contributed by atoms with Crippen molar-refractivity contribution in [1.82, 2.24) is 4.72 Å². The number of anilines is 1. The monoisotopic (exact) mass is 686 g/mol. The van der Waals surface area contributed by atoms with Gasteiger partial charge in [0, 0.05) is 43.3 Å². The smallest absolute Gasteiger partial charge is 0.264 e. The summed E-state index contributed by atoms with van der Waals surface area (Å²) in [7, 11) is -0.905. The molecule has 47 heavy (non-hydrogen) atoms. The topological polar surface area (TPSA) is 103 Å². The summed E-state index contributed by atoms with van der Waals surface area (Å²) in [6, 6.07) is 11.5. The Labute approximate surface area is 284 Å². The number of carbonyl (C=O) groups excluding carboxylic acids is 1. The molecule has 1 amide bonds. The van der Waals surface area contributed by atoms with Crippen molar-refractivity contribution in [3.05, 3.63) is 70.3 Å². The van der Waals surface area contributed by atoms with Gasteiger partial charge in [-0.05, 0) is 97.7 Å². The van der Waals surface area contributed by atoms with Crippen LogP contribution < -0.4 is 14.4 Å². The van der Waals surface area contributed by atoms with E-state index < -0.39 is 21.2 Å². The first-order valence-electron chi connectivity index (χ1n) is 16.8. The third kappa shape index (κ3) is 7.37. The van der Waals surface area contributed by atoms with E-state index in [0.29, 0.717) is 44.5 Å². The van der Waals surface area contributed by atoms with Crippen molar-refractivity contribution in [3.8, 4) is 5.75 Å². The van der Waals surface area contributed by atoms with E-state index in [0.717, 1.165) is 49.4 Å². The highest BCUT2D eigenvalue weighted by Crippen LogP contribution is 2.47. The summed E-state index contributed by atoms with van der Waals surface area (Å²) < 4.78 is 53.1. The van der Waals surface area contributed by atoms with E-state index in [9.17, 15) is 13.2 Å². The van der Waals surface area contributed by atoms with Gasteiger partial charge in [0.2, 0.25) is 10.0 Å². The summed E-state index contributed by atoms with van der Waals surface area (Å²) in [5, 5.41) is -0.171. The third-order valence-electron chi connectivity index (χ3n) is 10.5. The predicted molar refractivity (Wildman–Crippen MR) is 183 cm³/mol. The van der Waals surface area contributed by atoms with E-state index in [-0.39, 0.29) is 35.5 Å². The van der Waals surface area contributed by atoms with Gasteiger partial charge in [0.05, 0.1) is 38.2 Å². The minimum atomic E-state index is -4.05. The first-order valence-corrected chi connectivity index (χ1v) is 18.7. The summed E-state index contributed by atoms with van der Waals surface area (Å²) in [5.74, 6) is 0.585. The van der Waals surface area contributed by atoms with Gasteiger partial charge in [-0.25, -0.2) is 13.1 Å². The van der Waals surface area contributed by atoms with Crippen LogP contribution in [0.5, 0.6) is 5.75 Å². The number of nitrogens with zero attached hydrogens (tertiary/aromatic N) is 1. The number of amides is 1. The van der Waals surface area contributed by atoms with Crippen LogP contribution in [0.25, 0.3) is 0 Å². The quantitative estimate of drug-likeness (QED) is 0.312. The minimum absolute atomic E-state index is 0.0279. The van der Waals surface area contributed by atoms with Crippen LogP contribution >= 0.6 is 11.6 Å². The van der Waals surface area contributed by atoms with Crippen LogP contribution in [0.2, 0.25) is 5.02 Å². The van der Waals surface area contributed by atoms with Crippen molar-refractivity contribution in [3.63, 3.8) is 0 Å². The molecular weight excluding hydrogens is 640 g/mol. The molecule has 0 saturated heterocycles. The summed E-state index contributed by atoms with van der Waals surface area (Å²) in [6.07, 6.45) is 9.41. The number of ether oxygens (including phenoxy) is 4. The number of hydrogen-bond acceptors (Lipinski definition) is 8. The SMILES string of the molecule is COCCO[C@H]1/C=C\[C@H](C)C[C@@H](COC)S(=O)(=O)NC(=O)c2ccc3c(c2)N(C[C@@H]2CC[C@H]21)C[C@@]1(CCCc2cc(Cl)ccc21)CO3. The molecule has 2 aliphatic heterocycles. The number of benzene rings is 2.